The molecule has 0 heterocycles. The number of rotatable bonds is 12. The van der Waals surface area contributed by atoms with Crippen molar-refractivity contribution in [3.8, 4) is 5.75 Å². The van der Waals surface area contributed by atoms with E-state index in [4.69, 9.17) is 4.74 Å². The number of hydrogen-bond donors (Lipinski definition) is 0. The lowest BCUT2D eigenvalue weighted by Gasteiger charge is -2.11. The van der Waals surface area contributed by atoms with E-state index in [1.54, 1.807) is 0 Å². The molecule has 0 aliphatic carbocycles. The molecule has 0 saturated heterocycles. The van der Waals surface area contributed by atoms with Crippen LogP contribution in [0.4, 0.5) is 0 Å². The van der Waals surface area contributed by atoms with Gasteiger partial charge < -0.3 is 4.74 Å². The van der Waals surface area contributed by atoms with Gasteiger partial charge in [0.05, 0.1) is 0 Å². The van der Waals surface area contributed by atoms with Crippen LogP contribution in [0.25, 0.3) is 0 Å². The highest BCUT2D eigenvalue weighted by atomic mass is 16.5. The summed E-state index contributed by atoms with van der Waals surface area (Å²) in [4.78, 5) is 12.0. The standard InChI is InChI=1S/C21H32O2/c1-4-6-7-8-9-10-11-15-19-16-12-13-17-20(19)23-21(22)18(3)14-5-2/h12-13,16-17H,3-11,14-15H2,1-2H3. The molecule has 0 spiro atoms. The third kappa shape index (κ3) is 8.01. The zero-order chi connectivity index (χ0) is 16.9. The van der Waals surface area contributed by atoms with Crippen molar-refractivity contribution in [3.05, 3.63) is 42.0 Å². The maximum atomic E-state index is 12.0. The number of esters is 1. The number of para-hydroxylation sites is 1. The van der Waals surface area contributed by atoms with E-state index in [2.05, 4.69) is 19.6 Å². The Kier molecular flexibility index (Phi) is 10.1. The summed E-state index contributed by atoms with van der Waals surface area (Å²) in [7, 11) is 0. The molecule has 128 valence electrons. The first kappa shape index (κ1) is 19.5. The van der Waals surface area contributed by atoms with Crippen LogP contribution in [0, 0.1) is 0 Å². The molecule has 0 fully saturated rings. The predicted octanol–water partition coefficient (Wildman–Crippen LogP) is 6.24. The average Bonchev–Trinajstić information content (AvgIpc) is 2.55. The fourth-order valence-corrected chi connectivity index (χ4v) is 2.66. The Morgan fingerprint density at radius 3 is 2.30 bits per heavy atom. The van der Waals surface area contributed by atoms with Gasteiger partial charge in [-0.05, 0) is 30.9 Å². The van der Waals surface area contributed by atoms with Gasteiger partial charge >= 0.3 is 5.97 Å². The molecule has 0 N–H and O–H groups in total. The third-order valence-electron chi connectivity index (χ3n) is 4.07. The van der Waals surface area contributed by atoms with Crippen molar-refractivity contribution in [3.63, 3.8) is 0 Å². The van der Waals surface area contributed by atoms with Gasteiger partial charge in [0.2, 0.25) is 0 Å². The second kappa shape index (κ2) is 11.9. The highest BCUT2D eigenvalue weighted by molar-refractivity contribution is 5.89. The number of unbranched alkanes of at least 4 members (excludes halogenated alkanes) is 6. The van der Waals surface area contributed by atoms with Crippen LogP contribution >= 0.6 is 0 Å². The Labute approximate surface area is 141 Å². The number of carbonyl (C=O) groups excluding carboxylic acids is 1. The molecule has 2 heteroatoms. The minimum absolute atomic E-state index is 0.293. The Balaban J connectivity index is 2.41. The SMILES string of the molecule is C=C(CCC)C(=O)Oc1ccccc1CCCCCCCCC. The van der Waals surface area contributed by atoms with E-state index in [0.717, 1.165) is 24.8 Å². The molecular formula is C21H32O2. The predicted molar refractivity (Wildman–Crippen MR) is 97.8 cm³/mol. The Morgan fingerprint density at radius 2 is 1.61 bits per heavy atom. The summed E-state index contributed by atoms with van der Waals surface area (Å²) < 4.78 is 5.53. The molecule has 0 saturated carbocycles. The molecule has 0 aliphatic heterocycles. The van der Waals surface area contributed by atoms with E-state index in [-0.39, 0.29) is 5.97 Å². The number of hydrogen-bond acceptors (Lipinski definition) is 2. The molecule has 23 heavy (non-hydrogen) atoms. The van der Waals surface area contributed by atoms with Crippen molar-refractivity contribution in [2.45, 2.75) is 78.1 Å². The minimum atomic E-state index is -0.293. The maximum absolute atomic E-state index is 12.0. The van der Waals surface area contributed by atoms with Gasteiger partial charge in [0.15, 0.2) is 0 Å². The highest BCUT2D eigenvalue weighted by Gasteiger charge is 2.11. The van der Waals surface area contributed by atoms with Gasteiger partial charge in [0.1, 0.15) is 5.75 Å². The monoisotopic (exact) mass is 316 g/mol. The van der Waals surface area contributed by atoms with E-state index in [1.165, 1.54) is 38.5 Å². The second-order valence-corrected chi connectivity index (χ2v) is 6.22. The summed E-state index contributed by atoms with van der Waals surface area (Å²) in [5.41, 5.74) is 1.68. The van der Waals surface area contributed by atoms with Crippen LogP contribution < -0.4 is 4.74 Å². The molecule has 0 bridgehead atoms. The van der Waals surface area contributed by atoms with Crippen LogP contribution in [-0.4, -0.2) is 5.97 Å². The third-order valence-corrected chi connectivity index (χ3v) is 4.07. The molecule has 0 unspecified atom stereocenters. The first-order valence-corrected chi connectivity index (χ1v) is 9.16. The van der Waals surface area contributed by atoms with E-state index in [9.17, 15) is 4.79 Å². The molecule has 0 radical (unpaired) electrons. The van der Waals surface area contributed by atoms with Gasteiger partial charge in [-0.2, -0.15) is 0 Å². The summed E-state index contributed by atoms with van der Waals surface area (Å²) >= 11 is 0. The molecular weight excluding hydrogens is 284 g/mol. The largest absolute Gasteiger partial charge is 0.423 e. The topological polar surface area (TPSA) is 26.3 Å². The van der Waals surface area contributed by atoms with E-state index >= 15 is 0 Å². The van der Waals surface area contributed by atoms with E-state index in [0.29, 0.717) is 17.7 Å². The van der Waals surface area contributed by atoms with E-state index in [1.807, 2.05) is 25.1 Å². The zero-order valence-corrected chi connectivity index (χ0v) is 14.9. The Morgan fingerprint density at radius 1 is 0.957 bits per heavy atom. The number of ether oxygens (including phenoxy) is 1. The van der Waals surface area contributed by atoms with Gasteiger partial charge in [0, 0.05) is 5.57 Å². The lowest BCUT2D eigenvalue weighted by atomic mass is 10.0. The quantitative estimate of drug-likeness (QED) is 0.197. The number of aryl methyl sites for hydroxylation is 1. The lowest BCUT2D eigenvalue weighted by Crippen LogP contribution is -2.11. The summed E-state index contributed by atoms with van der Waals surface area (Å²) in [6.45, 7) is 8.08. The van der Waals surface area contributed by atoms with Crippen molar-refractivity contribution >= 4 is 5.97 Å². The summed E-state index contributed by atoms with van der Waals surface area (Å²) in [5, 5.41) is 0. The Bertz CT molecular complexity index is 476. The van der Waals surface area contributed by atoms with Gasteiger partial charge in [-0.25, -0.2) is 4.79 Å². The van der Waals surface area contributed by atoms with Gasteiger partial charge in [-0.3, -0.25) is 0 Å². The van der Waals surface area contributed by atoms with Crippen LogP contribution in [0.1, 0.15) is 77.2 Å². The van der Waals surface area contributed by atoms with Crippen molar-refractivity contribution in [2.24, 2.45) is 0 Å². The normalized spacial score (nSPS) is 10.5. The van der Waals surface area contributed by atoms with Crippen LogP contribution in [0.15, 0.2) is 36.4 Å². The summed E-state index contributed by atoms with van der Waals surface area (Å²) in [6.07, 6.45) is 11.6. The molecule has 0 aliphatic rings. The second-order valence-electron chi connectivity index (χ2n) is 6.22. The van der Waals surface area contributed by atoms with Crippen LogP contribution in [0.5, 0.6) is 5.75 Å². The minimum Gasteiger partial charge on any atom is -0.423 e. The van der Waals surface area contributed by atoms with Crippen molar-refractivity contribution in [1.29, 1.82) is 0 Å². The lowest BCUT2D eigenvalue weighted by molar-refractivity contribution is -0.130. The molecule has 1 aromatic carbocycles. The number of benzene rings is 1. The Hall–Kier alpha value is -1.57. The first-order valence-electron chi connectivity index (χ1n) is 9.16. The number of carbonyl (C=O) groups is 1. The van der Waals surface area contributed by atoms with Crippen LogP contribution in [0.3, 0.4) is 0 Å². The molecule has 2 nitrogen and oxygen atoms in total. The maximum Gasteiger partial charge on any atom is 0.338 e. The van der Waals surface area contributed by atoms with Crippen LogP contribution in [0.2, 0.25) is 0 Å². The van der Waals surface area contributed by atoms with Crippen LogP contribution in [-0.2, 0) is 11.2 Å². The van der Waals surface area contributed by atoms with E-state index < -0.39 is 0 Å². The first-order chi connectivity index (χ1) is 11.2. The van der Waals surface area contributed by atoms with Crippen molar-refractivity contribution in [1.82, 2.24) is 0 Å². The molecule has 0 amide bonds. The molecule has 1 aromatic rings. The van der Waals surface area contributed by atoms with Gasteiger partial charge in [0.25, 0.3) is 0 Å². The van der Waals surface area contributed by atoms with Gasteiger partial charge in [-0.15, -0.1) is 0 Å². The zero-order valence-electron chi connectivity index (χ0n) is 14.9. The average molecular weight is 316 g/mol. The van der Waals surface area contributed by atoms with Crippen molar-refractivity contribution in [2.75, 3.05) is 0 Å². The molecule has 1 rings (SSSR count). The summed E-state index contributed by atoms with van der Waals surface area (Å²) in [5.74, 6) is 0.402. The molecule has 0 aromatic heterocycles. The fraction of sp³-hybridized carbons (Fsp3) is 0.571. The molecule has 0 atom stereocenters. The summed E-state index contributed by atoms with van der Waals surface area (Å²) in [6, 6.07) is 7.87. The smallest absolute Gasteiger partial charge is 0.338 e. The highest BCUT2D eigenvalue weighted by Crippen LogP contribution is 2.22. The fourth-order valence-electron chi connectivity index (χ4n) is 2.66. The van der Waals surface area contributed by atoms with Gasteiger partial charge in [-0.1, -0.05) is 83.6 Å². The van der Waals surface area contributed by atoms with Crippen molar-refractivity contribution < 1.29 is 9.53 Å².